The number of para-hydroxylation sites is 2. The van der Waals surface area contributed by atoms with E-state index < -0.39 is 0 Å². The van der Waals surface area contributed by atoms with Gasteiger partial charge in [-0.1, -0.05) is 49.4 Å². The van der Waals surface area contributed by atoms with Gasteiger partial charge in [-0.25, -0.2) is 4.39 Å². The summed E-state index contributed by atoms with van der Waals surface area (Å²) in [7, 11) is 0. The number of carbonyl (C=O) groups is 2. The highest BCUT2D eigenvalue weighted by atomic mass is 19.1. The molecule has 1 aliphatic heterocycles. The molecule has 0 saturated heterocycles. The molecule has 1 unspecified atom stereocenters. The number of carbonyl (C=O) groups excluding carboxylic acids is 2. The topological polar surface area (TPSA) is 40.6 Å². The van der Waals surface area contributed by atoms with Gasteiger partial charge >= 0.3 is 0 Å². The number of halogens is 1. The summed E-state index contributed by atoms with van der Waals surface area (Å²) in [6, 6.07) is 22.6. The first kappa shape index (κ1) is 18.9. The maximum Gasteiger partial charge on any atom is 0.258 e. The van der Waals surface area contributed by atoms with E-state index in [2.05, 4.69) is 0 Å². The Morgan fingerprint density at radius 2 is 1.55 bits per heavy atom. The van der Waals surface area contributed by atoms with Crippen molar-refractivity contribution in [2.45, 2.75) is 13.5 Å². The predicted molar refractivity (Wildman–Crippen MR) is 111 cm³/mol. The third-order valence-electron chi connectivity index (χ3n) is 5.13. The molecule has 0 radical (unpaired) electrons. The summed E-state index contributed by atoms with van der Waals surface area (Å²) >= 11 is 0. The first-order valence-electron chi connectivity index (χ1n) is 9.56. The molecular weight excluding hydrogens is 367 g/mol. The van der Waals surface area contributed by atoms with Gasteiger partial charge in [0.05, 0.1) is 23.8 Å². The van der Waals surface area contributed by atoms with E-state index in [1.165, 1.54) is 12.1 Å². The number of anilines is 2. The minimum Gasteiger partial charge on any atom is -0.306 e. The number of hydrogen-bond donors (Lipinski definition) is 0. The smallest absolute Gasteiger partial charge is 0.258 e. The van der Waals surface area contributed by atoms with Crippen LogP contribution in [0.25, 0.3) is 0 Å². The van der Waals surface area contributed by atoms with Gasteiger partial charge in [-0.15, -0.1) is 0 Å². The molecule has 0 fully saturated rings. The van der Waals surface area contributed by atoms with E-state index >= 15 is 0 Å². The van der Waals surface area contributed by atoms with Crippen LogP contribution in [-0.4, -0.2) is 18.4 Å². The van der Waals surface area contributed by atoms with Crippen LogP contribution < -0.4 is 9.80 Å². The van der Waals surface area contributed by atoms with Gasteiger partial charge < -0.3 is 9.80 Å². The number of nitrogens with zero attached hydrogens (tertiary/aromatic N) is 2. The van der Waals surface area contributed by atoms with Crippen LogP contribution in [0.5, 0.6) is 0 Å². The van der Waals surface area contributed by atoms with Crippen LogP contribution >= 0.6 is 0 Å². The average molecular weight is 388 g/mol. The Labute approximate surface area is 169 Å². The van der Waals surface area contributed by atoms with Gasteiger partial charge in [0.25, 0.3) is 5.91 Å². The molecule has 3 aromatic rings. The second kappa shape index (κ2) is 7.87. The summed E-state index contributed by atoms with van der Waals surface area (Å²) < 4.78 is 13.3. The maximum absolute atomic E-state index is 13.3. The molecule has 0 bridgehead atoms. The fourth-order valence-electron chi connectivity index (χ4n) is 3.62. The van der Waals surface area contributed by atoms with Crippen molar-refractivity contribution in [2.75, 3.05) is 16.3 Å². The molecule has 0 aromatic heterocycles. The summed E-state index contributed by atoms with van der Waals surface area (Å²) in [5.41, 5.74) is 2.77. The Morgan fingerprint density at radius 1 is 0.931 bits per heavy atom. The van der Waals surface area contributed by atoms with Crippen molar-refractivity contribution in [1.29, 1.82) is 0 Å². The molecule has 3 aromatic carbocycles. The van der Waals surface area contributed by atoms with Crippen LogP contribution in [0.2, 0.25) is 0 Å². The van der Waals surface area contributed by atoms with Crippen molar-refractivity contribution < 1.29 is 14.0 Å². The summed E-state index contributed by atoms with van der Waals surface area (Å²) in [5.74, 6) is -0.897. The van der Waals surface area contributed by atoms with Gasteiger partial charge in [0.1, 0.15) is 5.82 Å². The fourth-order valence-corrected chi connectivity index (χ4v) is 3.62. The Morgan fingerprint density at radius 3 is 2.24 bits per heavy atom. The number of hydrogen-bond acceptors (Lipinski definition) is 2. The lowest BCUT2D eigenvalue weighted by molar-refractivity contribution is -0.121. The first-order chi connectivity index (χ1) is 14.0. The lowest BCUT2D eigenvalue weighted by atomic mass is 10.1. The lowest BCUT2D eigenvalue weighted by Gasteiger charge is -2.25. The molecule has 0 aliphatic carbocycles. The zero-order valence-corrected chi connectivity index (χ0v) is 16.1. The third-order valence-corrected chi connectivity index (χ3v) is 5.13. The molecule has 0 spiro atoms. The number of fused-ring (bicyclic) bond motifs is 1. The van der Waals surface area contributed by atoms with Gasteiger partial charge in [-0.05, 0) is 42.0 Å². The van der Waals surface area contributed by atoms with Crippen LogP contribution in [0.1, 0.15) is 22.8 Å². The van der Waals surface area contributed by atoms with Crippen molar-refractivity contribution in [3.8, 4) is 0 Å². The minimum absolute atomic E-state index is 0.0647. The van der Waals surface area contributed by atoms with Crippen LogP contribution in [0, 0.1) is 11.7 Å². The van der Waals surface area contributed by atoms with Crippen molar-refractivity contribution in [3.63, 3.8) is 0 Å². The van der Waals surface area contributed by atoms with Gasteiger partial charge in [-0.2, -0.15) is 0 Å². The van der Waals surface area contributed by atoms with E-state index in [1.54, 1.807) is 34.1 Å². The Kier molecular flexibility index (Phi) is 5.12. The van der Waals surface area contributed by atoms with E-state index in [-0.39, 0.29) is 23.5 Å². The highest BCUT2D eigenvalue weighted by molar-refractivity contribution is 6.11. The van der Waals surface area contributed by atoms with E-state index in [9.17, 15) is 14.0 Å². The van der Waals surface area contributed by atoms with E-state index in [0.717, 1.165) is 5.56 Å². The summed E-state index contributed by atoms with van der Waals surface area (Å²) in [6.45, 7) is 2.44. The SMILES string of the molecule is CC1CN(C(=O)c2ccccc2)c2ccccc2N(Cc2ccc(F)cc2)C1=O. The summed E-state index contributed by atoms with van der Waals surface area (Å²) in [6.07, 6.45) is 0. The molecule has 146 valence electrons. The zero-order valence-electron chi connectivity index (χ0n) is 16.1. The summed E-state index contributed by atoms with van der Waals surface area (Å²) in [5, 5.41) is 0. The van der Waals surface area contributed by atoms with Crippen LogP contribution in [0.15, 0.2) is 78.9 Å². The first-order valence-corrected chi connectivity index (χ1v) is 9.56. The lowest BCUT2D eigenvalue weighted by Crippen LogP contribution is -2.38. The number of rotatable bonds is 3. The summed E-state index contributed by atoms with van der Waals surface area (Å²) in [4.78, 5) is 29.8. The zero-order chi connectivity index (χ0) is 20.4. The van der Waals surface area contributed by atoms with Crippen LogP contribution in [0.3, 0.4) is 0 Å². The molecule has 0 saturated carbocycles. The largest absolute Gasteiger partial charge is 0.306 e. The highest BCUT2D eigenvalue weighted by Crippen LogP contribution is 2.36. The molecule has 1 heterocycles. The van der Waals surface area contributed by atoms with Gasteiger partial charge in [0.15, 0.2) is 0 Å². The molecule has 1 aliphatic rings. The van der Waals surface area contributed by atoms with Crippen molar-refractivity contribution in [3.05, 3.63) is 95.8 Å². The van der Waals surface area contributed by atoms with Crippen molar-refractivity contribution >= 4 is 23.2 Å². The third kappa shape index (κ3) is 3.76. The Bertz CT molecular complexity index is 1030. The fraction of sp³-hybridized carbons (Fsp3) is 0.167. The second-order valence-electron chi connectivity index (χ2n) is 7.22. The van der Waals surface area contributed by atoms with Crippen molar-refractivity contribution in [2.24, 2.45) is 5.92 Å². The van der Waals surface area contributed by atoms with Crippen molar-refractivity contribution in [1.82, 2.24) is 0 Å². The normalized spacial score (nSPS) is 16.3. The number of benzene rings is 3. The van der Waals surface area contributed by atoms with Gasteiger partial charge in [-0.3, -0.25) is 9.59 Å². The molecule has 4 rings (SSSR count). The van der Waals surface area contributed by atoms with Crippen LogP contribution in [0.4, 0.5) is 15.8 Å². The van der Waals surface area contributed by atoms with E-state index in [1.807, 2.05) is 49.4 Å². The molecule has 0 N–H and O–H groups in total. The Balaban J connectivity index is 1.76. The number of amides is 2. The predicted octanol–water partition coefficient (Wildman–Crippen LogP) is 4.66. The van der Waals surface area contributed by atoms with E-state index in [4.69, 9.17) is 0 Å². The quantitative estimate of drug-likeness (QED) is 0.655. The molecule has 5 heteroatoms. The standard InChI is InChI=1S/C24H21FN2O2/c1-17-15-26(24(29)19-7-3-2-4-8-19)21-9-5-6-10-22(21)27(23(17)28)16-18-11-13-20(25)14-12-18/h2-14,17H,15-16H2,1H3. The second-order valence-corrected chi connectivity index (χ2v) is 7.22. The van der Waals surface area contributed by atoms with Crippen LogP contribution in [-0.2, 0) is 11.3 Å². The van der Waals surface area contributed by atoms with E-state index in [0.29, 0.717) is 30.0 Å². The minimum atomic E-state index is -0.379. The molecular formula is C24H21FN2O2. The Hall–Kier alpha value is -3.47. The van der Waals surface area contributed by atoms with Gasteiger partial charge in [0, 0.05) is 12.1 Å². The maximum atomic E-state index is 13.3. The van der Waals surface area contributed by atoms with Gasteiger partial charge in [0.2, 0.25) is 5.91 Å². The molecule has 2 amide bonds. The molecule has 29 heavy (non-hydrogen) atoms. The average Bonchev–Trinajstić information content (AvgIpc) is 2.86. The molecule has 1 atom stereocenters. The highest BCUT2D eigenvalue weighted by Gasteiger charge is 2.33. The molecule has 4 nitrogen and oxygen atoms in total. The monoisotopic (exact) mass is 388 g/mol.